The van der Waals surface area contributed by atoms with E-state index >= 15 is 0 Å². The van der Waals surface area contributed by atoms with Crippen molar-refractivity contribution in [2.75, 3.05) is 19.6 Å². The third kappa shape index (κ3) is 4.20. The molecule has 2 aliphatic rings. The van der Waals surface area contributed by atoms with Gasteiger partial charge in [0.15, 0.2) is 0 Å². The van der Waals surface area contributed by atoms with Crippen molar-refractivity contribution in [3.8, 4) is 5.88 Å². The Balaban J connectivity index is 1.27. The van der Waals surface area contributed by atoms with Crippen molar-refractivity contribution in [1.82, 2.24) is 19.7 Å². The highest BCUT2D eigenvalue weighted by Gasteiger charge is 2.44. The Bertz CT molecular complexity index is 884. The van der Waals surface area contributed by atoms with E-state index in [0.29, 0.717) is 17.7 Å². The molecule has 5 heteroatoms. The Kier molecular flexibility index (Phi) is 5.31. The molecule has 2 fully saturated rings. The number of benzene rings is 1. The predicted molar refractivity (Wildman–Crippen MR) is 113 cm³/mol. The summed E-state index contributed by atoms with van der Waals surface area (Å²) < 4.78 is 8.47. The molecule has 4 atom stereocenters. The van der Waals surface area contributed by atoms with Crippen molar-refractivity contribution in [1.29, 1.82) is 0 Å². The first-order chi connectivity index (χ1) is 14.3. The number of fused-ring (bicyclic) bond motifs is 1. The molecule has 0 radical (unpaired) electrons. The maximum atomic E-state index is 6.37. The van der Waals surface area contributed by atoms with Crippen LogP contribution in [0, 0.1) is 11.8 Å². The zero-order valence-corrected chi connectivity index (χ0v) is 16.7. The fourth-order valence-electron chi connectivity index (χ4n) is 5.06. The Morgan fingerprint density at radius 2 is 1.72 bits per heavy atom. The lowest BCUT2D eigenvalue weighted by Crippen LogP contribution is -2.40. The summed E-state index contributed by atoms with van der Waals surface area (Å²) in [4.78, 5) is 7.03. The summed E-state index contributed by atoms with van der Waals surface area (Å²) in [6, 6.07) is 18.9. The van der Waals surface area contributed by atoms with Crippen molar-refractivity contribution in [2.24, 2.45) is 11.8 Å². The highest BCUT2D eigenvalue weighted by molar-refractivity contribution is 5.15. The standard InChI is InChI=1S/C24H28N4O/c1-2-7-19(8-3-1)10-14-27-17-20-15-22(28-13-6-12-26-28)23(16-21(20)18-27)29-24-9-4-5-11-25-24/h1-9,11-13,20-23H,10,14-18H2/t20-,21+,22-,23-/m0/s1. The van der Waals surface area contributed by atoms with E-state index in [9.17, 15) is 0 Å². The van der Waals surface area contributed by atoms with Crippen molar-refractivity contribution in [3.63, 3.8) is 0 Å². The van der Waals surface area contributed by atoms with Gasteiger partial charge in [-0.1, -0.05) is 36.4 Å². The summed E-state index contributed by atoms with van der Waals surface area (Å²) in [5.74, 6) is 2.11. The lowest BCUT2D eigenvalue weighted by Gasteiger charge is -2.37. The van der Waals surface area contributed by atoms with E-state index in [-0.39, 0.29) is 12.1 Å². The van der Waals surface area contributed by atoms with Gasteiger partial charge in [0.1, 0.15) is 6.10 Å². The van der Waals surface area contributed by atoms with Crippen molar-refractivity contribution in [2.45, 2.75) is 31.4 Å². The quantitative estimate of drug-likeness (QED) is 0.643. The Morgan fingerprint density at radius 1 is 0.897 bits per heavy atom. The summed E-state index contributed by atoms with van der Waals surface area (Å²) in [6.45, 7) is 3.49. The SMILES string of the molecule is c1ccc(CCN2C[C@H]3C[C@H](Oc4ccccn4)[C@@H](n4cccn4)C[C@H]3C2)cc1. The van der Waals surface area contributed by atoms with Gasteiger partial charge in [0.05, 0.1) is 6.04 Å². The van der Waals surface area contributed by atoms with E-state index in [4.69, 9.17) is 4.74 Å². The van der Waals surface area contributed by atoms with Crippen LogP contribution >= 0.6 is 0 Å². The van der Waals surface area contributed by atoms with Crippen LogP contribution in [0.25, 0.3) is 0 Å². The van der Waals surface area contributed by atoms with Crippen LogP contribution in [0.2, 0.25) is 0 Å². The Morgan fingerprint density at radius 3 is 2.48 bits per heavy atom. The fourth-order valence-corrected chi connectivity index (χ4v) is 5.06. The molecule has 0 bridgehead atoms. The van der Waals surface area contributed by atoms with Crippen molar-refractivity contribution in [3.05, 3.63) is 78.8 Å². The van der Waals surface area contributed by atoms with Gasteiger partial charge in [0.2, 0.25) is 5.88 Å². The fraction of sp³-hybridized carbons (Fsp3) is 0.417. The van der Waals surface area contributed by atoms with Gasteiger partial charge in [-0.15, -0.1) is 0 Å². The third-order valence-corrected chi connectivity index (χ3v) is 6.49. The van der Waals surface area contributed by atoms with E-state index in [1.54, 1.807) is 6.20 Å². The first-order valence-corrected chi connectivity index (χ1v) is 10.7. The van der Waals surface area contributed by atoms with Crippen LogP contribution in [0.4, 0.5) is 0 Å². The molecule has 150 valence electrons. The largest absolute Gasteiger partial charge is 0.472 e. The average Bonchev–Trinajstić information content (AvgIpc) is 3.43. The zero-order valence-electron chi connectivity index (χ0n) is 16.7. The summed E-state index contributed by atoms with van der Waals surface area (Å²) in [5, 5.41) is 4.54. The zero-order chi connectivity index (χ0) is 19.5. The number of nitrogens with zero attached hydrogens (tertiary/aromatic N) is 4. The van der Waals surface area contributed by atoms with E-state index in [1.807, 2.05) is 30.5 Å². The van der Waals surface area contributed by atoms with Gasteiger partial charge in [-0.05, 0) is 48.8 Å². The van der Waals surface area contributed by atoms with Gasteiger partial charge < -0.3 is 9.64 Å². The molecule has 1 saturated heterocycles. The molecule has 1 aliphatic heterocycles. The second-order valence-electron chi connectivity index (χ2n) is 8.36. The number of likely N-dealkylation sites (tertiary alicyclic amines) is 1. The second-order valence-corrected chi connectivity index (χ2v) is 8.36. The van der Waals surface area contributed by atoms with Gasteiger partial charge in [-0.25, -0.2) is 4.98 Å². The van der Waals surface area contributed by atoms with E-state index in [1.165, 1.54) is 18.7 Å². The molecular weight excluding hydrogens is 360 g/mol. The van der Waals surface area contributed by atoms with Gasteiger partial charge in [-0.2, -0.15) is 5.10 Å². The molecular formula is C24H28N4O. The van der Waals surface area contributed by atoms with Crippen LogP contribution in [-0.2, 0) is 6.42 Å². The third-order valence-electron chi connectivity index (χ3n) is 6.49. The molecule has 1 aliphatic carbocycles. The maximum Gasteiger partial charge on any atom is 0.213 e. The molecule has 29 heavy (non-hydrogen) atoms. The van der Waals surface area contributed by atoms with Crippen LogP contribution in [0.3, 0.4) is 0 Å². The normalized spacial score (nSPS) is 26.9. The minimum atomic E-state index is 0.111. The molecule has 0 spiro atoms. The molecule has 5 nitrogen and oxygen atoms in total. The minimum absolute atomic E-state index is 0.111. The van der Waals surface area contributed by atoms with Crippen molar-refractivity contribution >= 4 is 0 Å². The molecule has 1 saturated carbocycles. The van der Waals surface area contributed by atoms with Crippen LogP contribution in [0.15, 0.2) is 73.2 Å². The summed E-state index contributed by atoms with van der Waals surface area (Å²) in [6.07, 6.45) is 9.15. The van der Waals surface area contributed by atoms with E-state index in [2.05, 4.69) is 56.2 Å². The Labute approximate surface area is 172 Å². The number of ether oxygens (including phenoxy) is 1. The first-order valence-electron chi connectivity index (χ1n) is 10.7. The molecule has 0 amide bonds. The lowest BCUT2D eigenvalue weighted by molar-refractivity contribution is 0.0459. The minimum Gasteiger partial charge on any atom is -0.472 e. The molecule has 0 N–H and O–H groups in total. The molecule has 2 aromatic heterocycles. The van der Waals surface area contributed by atoms with E-state index < -0.39 is 0 Å². The first kappa shape index (κ1) is 18.4. The molecule has 3 aromatic rings. The molecule has 5 rings (SSSR count). The number of hydrogen-bond donors (Lipinski definition) is 0. The van der Waals surface area contributed by atoms with Crippen LogP contribution in [-0.4, -0.2) is 45.4 Å². The highest BCUT2D eigenvalue weighted by Crippen LogP contribution is 2.42. The van der Waals surface area contributed by atoms with Gasteiger partial charge in [-0.3, -0.25) is 4.68 Å². The van der Waals surface area contributed by atoms with E-state index in [0.717, 1.165) is 25.8 Å². The maximum absolute atomic E-state index is 6.37. The number of hydrogen-bond acceptors (Lipinski definition) is 4. The Hall–Kier alpha value is -2.66. The summed E-state index contributed by atoms with van der Waals surface area (Å²) in [5.41, 5.74) is 1.42. The summed E-state index contributed by atoms with van der Waals surface area (Å²) >= 11 is 0. The van der Waals surface area contributed by atoms with Gasteiger partial charge >= 0.3 is 0 Å². The predicted octanol–water partition coefficient (Wildman–Crippen LogP) is 3.85. The van der Waals surface area contributed by atoms with Crippen molar-refractivity contribution < 1.29 is 4.74 Å². The molecule has 1 aromatic carbocycles. The molecule has 0 unspecified atom stereocenters. The topological polar surface area (TPSA) is 43.2 Å². The molecule has 3 heterocycles. The monoisotopic (exact) mass is 388 g/mol. The number of aromatic nitrogens is 3. The smallest absolute Gasteiger partial charge is 0.213 e. The summed E-state index contributed by atoms with van der Waals surface area (Å²) in [7, 11) is 0. The van der Waals surface area contributed by atoms with Crippen LogP contribution in [0.5, 0.6) is 5.88 Å². The van der Waals surface area contributed by atoms with Gasteiger partial charge in [0.25, 0.3) is 0 Å². The average molecular weight is 389 g/mol. The lowest BCUT2D eigenvalue weighted by atomic mass is 9.77. The van der Waals surface area contributed by atoms with Crippen LogP contribution < -0.4 is 4.74 Å². The van der Waals surface area contributed by atoms with Crippen LogP contribution in [0.1, 0.15) is 24.4 Å². The second kappa shape index (κ2) is 8.37. The highest BCUT2D eigenvalue weighted by atomic mass is 16.5. The van der Waals surface area contributed by atoms with Gasteiger partial charge in [0, 0.05) is 44.3 Å². The number of pyridine rings is 1. The number of rotatable bonds is 6.